The minimum atomic E-state index is -0.302. The van der Waals surface area contributed by atoms with Gasteiger partial charge in [-0.15, -0.1) is 0 Å². The molecular formula is C15H24N4O3. The highest BCUT2D eigenvalue weighted by atomic mass is 16.5. The first-order valence-corrected chi connectivity index (χ1v) is 6.74. The largest absolute Gasteiger partial charge is 0.423 e. The van der Waals surface area contributed by atoms with Gasteiger partial charge >= 0.3 is 5.63 Å². The SMILES string of the molecule is CN.COCCCN=C(N)N.O=c1ccc2ccccc2o1. The van der Waals surface area contributed by atoms with Gasteiger partial charge in [0.25, 0.3) is 0 Å². The predicted octanol–water partition coefficient (Wildman–Crippen LogP) is 0.664. The topological polar surface area (TPSA) is 130 Å². The third kappa shape index (κ3) is 8.72. The monoisotopic (exact) mass is 308 g/mol. The molecule has 1 heterocycles. The highest BCUT2D eigenvalue weighted by molar-refractivity contribution is 5.76. The van der Waals surface area contributed by atoms with E-state index in [2.05, 4.69) is 10.7 Å². The minimum absolute atomic E-state index is 0.145. The second-order valence-corrected chi connectivity index (χ2v) is 3.95. The maximum Gasteiger partial charge on any atom is 0.336 e. The Kier molecular flexibility index (Phi) is 11.0. The van der Waals surface area contributed by atoms with Crippen molar-refractivity contribution in [1.29, 1.82) is 0 Å². The fourth-order valence-corrected chi connectivity index (χ4v) is 1.43. The minimum Gasteiger partial charge on any atom is -0.423 e. The molecule has 2 rings (SSSR count). The lowest BCUT2D eigenvalue weighted by atomic mass is 10.2. The van der Waals surface area contributed by atoms with Crippen LogP contribution >= 0.6 is 0 Å². The molecule has 0 unspecified atom stereocenters. The fraction of sp³-hybridized carbons (Fsp3) is 0.333. The maximum atomic E-state index is 10.7. The molecule has 0 fully saturated rings. The zero-order valence-corrected chi connectivity index (χ0v) is 13.0. The van der Waals surface area contributed by atoms with Crippen molar-refractivity contribution in [3.05, 3.63) is 46.8 Å². The quantitative estimate of drug-likeness (QED) is 0.329. The Morgan fingerprint density at radius 3 is 2.50 bits per heavy atom. The van der Waals surface area contributed by atoms with E-state index in [0.29, 0.717) is 18.7 Å². The van der Waals surface area contributed by atoms with Crippen LogP contribution in [0.15, 0.2) is 50.6 Å². The third-order valence-electron chi connectivity index (χ3n) is 2.33. The van der Waals surface area contributed by atoms with Crippen molar-refractivity contribution in [3.8, 4) is 0 Å². The predicted molar refractivity (Wildman–Crippen MR) is 89.8 cm³/mol. The first-order chi connectivity index (χ1) is 10.6. The number of fused-ring (bicyclic) bond motifs is 1. The number of benzene rings is 1. The number of hydrogen-bond donors (Lipinski definition) is 3. The van der Waals surface area contributed by atoms with E-state index in [1.807, 2.05) is 18.2 Å². The van der Waals surface area contributed by atoms with Crippen LogP contribution in [0.4, 0.5) is 0 Å². The molecule has 122 valence electrons. The first kappa shape index (κ1) is 19.6. The molecule has 0 spiro atoms. The number of rotatable bonds is 4. The van der Waals surface area contributed by atoms with Gasteiger partial charge in [-0.2, -0.15) is 0 Å². The number of hydrogen-bond acceptors (Lipinski definition) is 5. The Hall–Kier alpha value is -2.38. The Bertz CT molecular complexity index is 607. The average molecular weight is 308 g/mol. The summed E-state index contributed by atoms with van der Waals surface area (Å²) in [5, 5.41) is 0.951. The number of para-hydroxylation sites is 1. The molecule has 0 saturated heterocycles. The van der Waals surface area contributed by atoms with E-state index in [9.17, 15) is 4.79 Å². The molecule has 7 heteroatoms. The molecule has 0 aliphatic carbocycles. The Labute approximate surface area is 129 Å². The molecule has 22 heavy (non-hydrogen) atoms. The van der Waals surface area contributed by atoms with Crippen LogP contribution < -0.4 is 22.8 Å². The summed E-state index contributed by atoms with van der Waals surface area (Å²) < 4.78 is 9.68. The van der Waals surface area contributed by atoms with Gasteiger partial charge in [0, 0.05) is 31.7 Å². The van der Waals surface area contributed by atoms with Gasteiger partial charge in [-0.25, -0.2) is 4.79 Å². The first-order valence-electron chi connectivity index (χ1n) is 6.74. The highest BCUT2D eigenvalue weighted by Gasteiger charge is 1.92. The van der Waals surface area contributed by atoms with E-state index in [0.717, 1.165) is 11.8 Å². The smallest absolute Gasteiger partial charge is 0.336 e. The van der Waals surface area contributed by atoms with E-state index in [1.165, 1.54) is 13.1 Å². The van der Waals surface area contributed by atoms with Crippen molar-refractivity contribution in [2.45, 2.75) is 6.42 Å². The van der Waals surface area contributed by atoms with Gasteiger partial charge in [-0.05, 0) is 25.6 Å². The van der Waals surface area contributed by atoms with Gasteiger partial charge in [-0.1, -0.05) is 18.2 Å². The standard InChI is InChI=1S/C9H6O2.C5H13N3O.CH5N/c10-9-6-5-7-3-1-2-4-8(7)11-9;1-9-4-2-3-8-5(6)7;1-2/h1-6H;2-4H2,1H3,(H4,6,7,8);2H2,1H3. The number of methoxy groups -OCH3 is 1. The average Bonchev–Trinajstić information content (AvgIpc) is 2.54. The number of nitrogens with two attached hydrogens (primary N) is 3. The summed E-state index contributed by atoms with van der Waals surface area (Å²) in [4.78, 5) is 14.5. The van der Waals surface area contributed by atoms with Gasteiger partial charge in [0.15, 0.2) is 5.96 Å². The molecule has 2 aromatic rings. The molecule has 0 atom stereocenters. The van der Waals surface area contributed by atoms with Crippen LogP contribution in [0.3, 0.4) is 0 Å². The Morgan fingerprint density at radius 1 is 1.18 bits per heavy atom. The van der Waals surface area contributed by atoms with Crippen LogP contribution in [0.25, 0.3) is 11.0 Å². The van der Waals surface area contributed by atoms with Gasteiger partial charge in [0.1, 0.15) is 5.58 Å². The number of ether oxygens (including phenoxy) is 1. The molecule has 0 radical (unpaired) electrons. The zero-order chi connectivity index (χ0) is 16.8. The highest BCUT2D eigenvalue weighted by Crippen LogP contribution is 2.08. The van der Waals surface area contributed by atoms with E-state index in [4.69, 9.17) is 20.6 Å². The number of nitrogens with zero attached hydrogens (tertiary/aromatic N) is 1. The summed E-state index contributed by atoms with van der Waals surface area (Å²) in [6.07, 6.45) is 0.869. The second kappa shape index (κ2) is 12.4. The second-order valence-electron chi connectivity index (χ2n) is 3.95. The van der Waals surface area contributed by atoms with Crippen molar-refractivity contribution in [2.24, 2.45) is 22.2 Å². The molecule has 0 aliphatic rings. The van der Waals surface area contributed by atoms with Gasteiger partial charge in [0.2, 0.25) is 0 Å². The van der Waals surface area contributed by atoms with Crippen molar-refractivity contribution in [1.82, 2.24) is 0 Å². The summed E-state index contributed by atoms with van der Waals surface area (Å²) in [5.41, 5.74) is 15.0. The molecule has 0 aliphatic heterocycles. The zero-order valence-electron chi connectivity index (χ0n) is 13.0. The number of aliphatic imine (C=N–C) groups is 1. The molecule has 0 saturated carbocycles. The van der Waals surface area contributed by atoms with Gasteiger partial charge < -0.3 is 26.4 Å². The van der Waals surface area contributed by atoms with E-state index in [1.54, 1.807) is 19.2 Å². The van der Waals surface area contributed by atoms with Gasteiger partial charge in [-0.3, -0.25) is 4.99 Å². The van der Waals surface area contributed by atoms with Crippen LogP contribution in [-0.2, 0) is 4.74 Å². The Balaban J connectivity index is 0.000000369. The summed E-state index contributed by atoms with van der Waals surface area (Å²) in [6.45, 7) is 1.35. The molecular weight excluding hydrogens is 284 g/mol. The number of guanidine groups is 1. The van der Waals surface area contributed by atoms with E-state index in [-0.39, 0.29) is 11.6 Å². The lowest BCUT2D eigenvalue weighted by molar-refractivity contribution is 0.197. The normalized spacial score (nSPS) is 9.05. The van der Waals surface area contributed by atoms with Gasteiger partial charge in [0.05, 0.1) is 0 Å². The fourth-order valence-electron chi connectivity index (χ4n) is 1.43. The third-order valence-corrected chi connectivity index (χ3v) is 2.33. The molecule has 6 N–H and O–H groups in total. The van der Waals surface area contributed by atoms with Crippen molar-refractivity contribution >= 4 is 16.9 Å². The molecule has 7 nitrogen and oxygen atoms in total. The Morgan fingerprint density at radius 2 is 1.86 bits per heavy atom. The van der Waals surface area contributed by atoms with E-state index >= 15 is 0 Å². The van der Waals surface area contributed by atoms with Crippen LogP contribution in [0.2, 0.25) is 0 Å². The summed E-state index contributed by atoms with van der Waals surface area (Å²) >= 11 is 0. The van der Waals surface area contributed by atoms with Crippen molar-refractivity contribution < 1.29 is 9.15 Å². The molecule has 1 aromatic heterocycles. The van der Waals surface area contributed by atoms with Crippen LogP contribution in [0.1, 0.15) is 6.42 Å². The maximum absolute atomic E-state index is 10.7. The van der Waals surface area contributed by atoms with Crippen molar-refractivity contribution in [3.63, 3.8) is 0 Å². The van der Waals surface area contributed by atoms with E-state index < -0.39 is 0 Å². The lowest BCUT2D eigenvalue weighted by Gasteiger charge is -1.93. The summed E-state index contributed by atoms with van der Waals surface area (Å²) in [7, 11) is 3.15. The molecule has 0 amide bonds. The van der Waals surface area contributed by atoms with Crippen LogP contribution in [0.5, 0.6) is 0 Å². The summed E-state index contributed by atoms with van der Waals surface area (Å²) in [5.74, 6) is 0.145. The van der Waals surface area contributed by atoms with Crippen molar-refractivity contribution in [2.75, 3.05) is 27.3 Å². The molecule has 1 aromatic carbocycles. The molecule has 0 bridgehead atoms. The van der Waals surface area contributed by atoms with Crippen LogP contribution in [0, 0.1) is 0 Å². The lowest BCUT2D eigenvalue weighted by Crippen LogP contribution is -2.23. The van der Waals surface area contributed by atoms with Crippen LogP contribution in [-0.4, -0.2) is 33.3 Å². The summed E-state index contributed by atoms with van der Waals surface area (Å²) in [6, 6.07) is 10.6.